The number of hydrogen-bond donors (Lipinski definition) is 2. The van der Waals surface area contributed by atoms with Crippen LogP contribution >= 0.6 is 0 Å². The van der Waals surface area contributed by atoms with E-state index >= 15 is 0 Å². The predicted molar refractivity (Wildman–Crippen MR) is 70.1 cm³/mol. The third kappa shape index (κ3) is 8.82. The smallest absolute Gasteiger partial charge is 0.212 e. The maximum absolute atomic E-state index is 11.6. The summed E-state index contributed by atoms with van der Waals surface area (Å²) in [5, 5.41) is 3.18. The van der Waals surface area contributed by atoms with Crippen LogP contribution in [0.1, 0.15) is 19.3 Å². The zero-order valence-corrected chi connectivity index (χ0v) is 11.8. The zero-order chi connectivity index (χ0) is 13.3. The number of sulfonamides is 1. The van der Waals surface area contributed by atoms with Crippen molar-refractivity contribution < 1.29 is 17.9 Å². The van der Waals surface area contributed by atoms with Gasteiger partial charge in [-0.15, -0.1) is 0 Å². The Labute approximate surface area is 109 Å². The van der Waals surface area contributed by atoms with Crippen LogP contribution in [0.15, 0.2) is 0 Å². The number of rotatable bonds is 12. The average molecular weight is 280 g/mol. The van der Waals surface area contributed by atoms with Crippen LogP contribution in [0.5, 0.6) is 0 Å². The molecule has 1 saturated carbocycles. The fourth-order valence-electron chi connectivity index (χ4n) is 1.40. The van der Waals surface area contributed by atoms with E-state index in [2.05, 4.69) is 10.0 Å². The van der Waals surface area contributed by atoms with Crippen molar-refractivity contribution in [3.63, 3.8) is 0 Å². The summed E-state index contributed by atoms with van der Waals surface area (Å²) < 4.78 is 35.7. The molecule has 1 aliphatic carbocycles. The Bertz CT molecular complexity index is 304. The van der Waals surface area contributed by atoms with E-state index in [9.17, 15) is 8.42 Å². The third-order valence-corrected chi connectivity index (χ3v) is 3.99. The highest BCUT2D eigenvalue weighted by Crippen LogP contribution is 2.17. The fourth-order valence-corrected chi connectivity index (χ4v) is 2.39. The van der Waals surface area contributed by atoms with Crippen LogP contribution in [0.3, 0.4) is 0 Å². The summed E-state index contributed by atoms with van der Waals surface area (Å²) in [4.78, 5) is 0. The Balaban J connectivity index is 1.91. The minimum atomic E-state index is -3.14. The molecule has 0 atom stereocenters. The quantitative estimate of drug-likeness (QED) is 0.481. The molecule has 0 bridgehead atoms. The first-order chi connectivity index (χ1) is 8.64. The van der Waals surface area contributed by atoms with E-state index in [4.69, 9.17) is 9.47 Å². The van der Waals surface area contributed by atoms with Crippen molar-refractivity contribution in [2.24, 2.45) is 0 Å². The van der Waals surface area contributed by atoms with Crippen LogP contribution in [0, 0.1) is 0 Å². The molecule has 0 radical (unpaired) electrons. The molecule has 0 saturated heterocycles. The number of methoxy groups -OCH3 is 1. The second kappa shape index (κ2) is 8.82. The first-order valence-corrected chi connectivity index (χ1v) is 8.06. The highest BCUT2D eigenvalue weighted by molar-refractivity contribution is 7.89. The number of ether oxygens (including phenoxy) is 2. The largest absolute Gasteiger partial charge is 0.382 e. The molecule has 6 nitrogen and oxygen atoms in total. The van der Waals surface area contributed by atoms with Gasteiger partial charge in [-0.25, -0.2) is 13.1 Å². The number of hydrogen-bond acceptors (Lipinski definition) is 5. The van der Waals surface area contributed by atoms with Crippen LogP contribution in [0.4, 0.5) is 0 Å². The molecule has 2 N–H and O–H groups in total. The molecule has 7 heteroatoms. The Morgan fingerprint density at radius 1 is 1.17 bits per heavy atom. The van der Waals surface area contributed by atoms with E-state index < -0.39 is 10.0 Å². The molecule has 0 aromatic heterocycles. The van der Waals surface area contributed by atoms with Gasteiger partial charge in [0.1, 0.15) is 0 Å². The summed E-state index contributed by atoms with van der Waals surface area (Å²) in [5.74, 6) is 0.147. The molecule has 0 aromatic carbocycles. The molecule has 0 amide bonds. The van der Waals surface area contributed by atoms with Gasteiger partial charge in [0, 0.05) is 32.8 Å². The normalized spacial score (nSPS) is 16.1. The van der Waals surface area contributed by atoms with Crippen molar-refractivity contribution in [3.8, 4) is 0 Å². The summed E-state index contributed by atoms with van der Waals surface area (Å²) in [7, 11) is -1.52. The van der Waals surface area contributed by atoms with Gasteiger partial charge in [0.05, 0.1) is 19.0 Å². The molecular weight excluding hydrogens is 256 g/mol. The zero-order valence-electron chi connectivity index (χ0n) is 11.0. The molecule has 0 spiro atoms. The Morgan fingerprint density at radius 3 is 2.61 bits per heavy atom. The Kier molecular flexibility index (Phi) is 7.76. The maximum atomic E-state index is 11.6. The van der Waals surface area contributed by atoms with Crippen molar-refractivity contribution in [2.45, 2.75) is 25.3 Å². The lowest BCUT2D eigenvalue weighted by Crippen LogP contribution is -2.33. The molecule has 0 aliphatic heterocycles. The van der Waals surface area contributed by atoms with Crippen molar-refractivity contribution in [2.75, 3.05) is 45.8 Å². The third-order valence-electron chi connectivity index (χ3n) is 2.60. The first-order valence-electron chi connectivity index (χ1n) is 6.41. The van der Waals surface area contributed by atoms with E-state index in [1.807, 2.05) is 0 Å². The Morgan fingerprint density at radius 2 is 1.94 bits per heavy atom. The average Bonchev–Trinajstić information content (AvgIpc) is 3.11. The molecule has 1 aliphatic rings. The van der Waals surface area contributed by atoms with Crippen LogP contribution in [-0.4, -0.2) is 60.2 Å². The summed E-state index contributed by atoms with van der Waals surface area (Å²) >= 11 is 0. The monoisotopic (exact) mass is 280 g/mol. The first kappa shape index (κ1) is 15.8. The van der Waals surface area contributed by atoms with Crippen LogP contribution in [0.2, 0.25) is 0 Å². The summed E-state index contributed by atoms with van der Waals surface area (Å²) in [6.45, 7) is 2.63. The Hall–Kier alpha value is -0.210. The lowest BCUT2D eigenvalue weighted by Gasteiger charge is -2.07. The topological polar surface area (TPSA) is 76.7 Å². The van der Waals surface area contributed by atoms with E-state index in [-0.39, 0.29) is 5.75 Å². The second-order valence-corrected chi connectivity index (χ2v) is 6.33. The molecule has 1 rings (SSSR count). The highest BCUT2D eigenvalue weighted by atomic mass is 32.2. The lowest BCUT2D eigenvalue weighted by molar-refractivity contribution is 0.0699. The van der Waals surface area contributed by atoms with Crippen LogP contribution in [0.25, 0.3) is 0 Å². The lowest BCUT2D eigenvalue weighted by atomic mass is 10.5. The summed E-state index contributed by atoms with van der Waals surface area (Å²) in [6, 6.07) is 0.550. The highest BCUT2D eigenvalue weighted by Gasteiger charge is 2.20. The van der Waals surface area contributed by atoms with Crippen molar-refractivity contribution >= 4 is 10.0 Å². The molecule has 0 unspecified atom stereocenters. The van der Waals surface area contributed by atoms with Crippen molar-refractivity contribution in [1.82, 2.24) is 10.0 Å². The molecule has 108 valence electrons. The maximum Gasteiger partial charge on any atom is 0.212 e. The molecule has 0 heterocycles. The molecular formula is C11H24N2O4S. The summed E-state index contributed by atoms with van der Waals surface area (Å²) in [5.41, 5.74) is 0. The molecule has 18 heavy (non-hydrogen) atoms. The predicted octanol–water partition coefficient (Wildman–Crippen LogP) is -0.289. The van der Waals surface area contributed by atoms with Crippen LogP contribution in [-0.2, 0) is 19.5 Å². The number of nitrogens with one attached hydrogen (secondary N) is 2. The van der Waals surface area contributed by atoms with Gasteiger partial charge < -0.3 is 14.8 Å². The van der Waals surface area contributed by atoms with Gasteiger partial charge in [-0.2, -0.15) is 0 Å². The minimum Gasteiger partial charge on any atom is -0.382 e. The van der Waals surface area contributed by atoms with Gasteiger partial charge in [-0.3, -0.25) is 0 Å². The molecule has 0 aromatic rings. The molecule has 1 fully saturated rings. The fraction of sp³-hybridized carbons (Fsp3) is 1.00. The van der Waals surface area contributed by atoms with Gasteiger partial charge in [0.2, 0.25) is 10.0 Å². The minimum absolute atomic E-state index is 0.147. The van der Waals surface area contributed by atoms with E-state index in [0.717, 1.165) is 0 Å². The van der Waals surface area contributed by atoms with Gasteiger partial charge in [-0.1, -0.05) is 0 Å². The van der Waals surface area contributed by atoms with Crippen LogP contribution < -0.4 is 10.0 Å². The van der Waals surface area contributed by atoms with E-state index in [0.29, 0.717) is 45.4 Å². The van der Waals surface area contributed by atoms with Gasteiger partial charge in [-0.05, 0) is 19.3 Å². The SMILES string of the molecule is COCCOCCCNS(=O)(=O)CCNC1CC1. The van der Waals surface area contributed by atoms with E-state index in [1.54, 1.807) is 7.11 Å². The van der Waals surface area contributed by atoms with Crippen molar-refractivity contribution in [1.29, 1.82) is 0 Å². The van der Waals surface area contributed by atoms with Gasteiger partial charge >= 0.3 is 0 Å². The second-order valence-electron chi connectivity index (χ2n) is 4.40. The standard InChI is InChI=1S/C11H24N2O4S/c1-16-8-9-17-7-2-5-13-18(14,15)10-6-12-11-3-4-11/h11-13H,2-10H2,1H3. The van der Waals surface area contributed by atoms with Gasteiger partial charge in [0.25, 0.3) is 0 Å². The van der Waals surface area contributed by atoms with E-state index in [1.165, 1.54) is 12.8 Å². The van der Waals surface area contributed by atoms with Gasteiger partial charge in [0.15, 0.2) is 0 Å². The summed E-state index contributed by atoms with van der Waals surface area (Å²) in [6.07, 6.45) is 3.03. The van der Waals surface area contributed by atoms with Crippen molar-refractivity contribution in [3.05, 3.63) is 0 Å².